The van der Waals surface area contributed by atoms with E-state index in [0.29, 0.717) is 5.92 Å². The van der Waals surface area contributed by atoms with Crippen molar-refractivity contribution in [3.8, 4) is 0 Å². The van der Waals surface area contributed by atoms with Gasteiger partial charge in [-0.15, -0.1) is 0 Å². The predicted molar refractivity (Wildman–Crippen MR) is 59.5 cm³/mol. The van der Waals surface area contributed by atoms with E-state index in [2.05, 4.69) is 25.2 Å². The van der Waals surface area contributed by atoms with Gasteiger partial charge in [0, 0.05) is 12.6 Å². The van der Waals surface area contributed by atoms with Crippen LogP contribution in [0.5, 0.6) is 0 Å². The van der Waals surface area contributed by atoms with Gasteiger partial charge in [0.05, 0.1) is 0 Å². The van der Waals surface area contributed by atoms with E-state index in [9.17, 15) is 4.79 Å². The molecule has 2 heteroatoms. The van der Waals surface area contributed by atoms with Gasteiger partial charge >= 0.3 is 0 Å². The number of hydrogen-bond donors (Lipinski definition) is 1. The largest absolute Gasteiger partial charge is 0.326 e. The molecule has 1 amide bonds. The molecule has 76 valence electrons. The molecule has 0 spiro atoms. The summed E-state index contributed by atoms with van der Waals surface area (Å²) >= 11 is 0. The van der Waals surface area contributed by atoms with Crippen molar-refractivity contribution in [1.82, 2.24) is 0 Å². The lowest BCUT2D eigenvalue weighted by molar-refractivity contribution is -0.114. The molecule has 0 aromatic heterocycles. The molecule has 14 heavy (non-hydrogen) atoms. The second kappa shape index (κ2) is 4.80. The quantitative estimate of drug-likeness (QED) is 0.781. The molecular weight excluding hydrogens is 174 g/mol. The molecule has 0 aliphatic heterocycles. The fourth-order valence-corrected chi connectivity index (χ4v) is 1.36. The van der Waals surface area contributed by atoms with Gasteiger partial charge < -0.3 is 5.32 Å². The summed E-state index contributed by atoms with van der Waals surface area (Å²) in [4.78, 5) is 10.9. The molecule has 0 fully saturated rings. The molecule has 0 heterocycles. The Bertz CT molecular complexity index is 320. The fourth-order valence-electron chi connectivity index (χ4n) is 1.36. The van der Waals surface area contributed by atoms with Crippen LogP contribution in [0.2, 0.25) is 0 Å². The predicted octanol–water partition coefficient (Wildman–Crippen LogP) is 3.16. The first-order valence-electron chi connectivity index (χ1n) is 5.01. The summed E-state index contributed by atoms with van der Waals surface area (Å²) in [6.45, 7) is 5.87. The summed E-state index contributed by atoms with van der Waals surface area (Å²) in [6, 6.07) is 8.02. The average molecular weight is 191 g/mol. The van der Waals surface area contributed by atoms with Crippen LogP contribution < -0.4 is 5.32 Å². The molecule has 0 radical (unpaired) electrons. The Kier molecular flexibility index (Phi) is 3.69. The van der Waals surface area contributed by atoms with Crippen molar-refractivity contribution in [2.45, 2.75) is 33.1 Å². The molecule has 1 atom stereocenters. The average Bonchev–Trinajstić information content (AvgIpc) is 2.16. The Balaban J connectivity index is 2.83. The van der Waals surface area contributed by atoms with E-state index in [4.69, 9.17) is 0 Å². The topological polar surface area (TPSA) is 29.1 Å². The standard InChI is InChI=1S/C12H17NO/c1-4-9(2)11-6-5-7-12(8-11)13-10(3)14/h5-9H,4H2,1-3H3,(H,13,14). The van der Waals surface area contributed by atoms with Gasteiger partial charge in [0.2, 0.25) is 5.91 Å². The van der Waals surface area contributed by atoms with E-state index in [0.717, 1.165) is 12.1 Å². The Morgan fingerprint density at radius 1 is 1.50 bits per heavy atom. The molecule has 0 saturated heterocycles. The van der Waals surface area contributed by atoms with Crippen LogP contribution in [-0.2, 0) is 4.79 Å². The van der Waals surface area contributed by atoms with Gasteiger partial charge in [-0.2, -0.15) is 0 Å². The first kappa shape index (κ1) is 10.8. The second-order valence-electron chi connectivity index (χ2n) is 3.62. The number of carbonyl (C=O) groups is 1. The second-order valence-corrected chi connectivity index (χ2v) is 3.62. The van der Waals surface area contributed by atoms with Gasteiger partial charge in [0.15, 0.2) is 0 Å². The van der Waals surface area contributed by atoms with Gasteiger partial charge in [-0.3, -0.25) is 4.79 Å². The van der Waals surface area contributed by atoms with Crippen molar-refractivity contribution in [1.29, 1.82) is 0 Å². The summed E-state index contributed by atoms with van der Waals surface area (Å²) < 4.78 is 0. The Morgan fingerprint density at radius 3 is 2.79 bits per heavy atom. The number of hydrogen-bond acceptors (Lipinski definition) is 1. The maximum atomic E-state index is 10.9. The van der Waals surface area contributed by atoms with Crippen molar-refractivity contribution < 1.29 is 4.79 Å². The zero-order valence-corrected chi connectivity index (χ0v) is 9.00. The van der Waals surface area contributed by atoms with E-state index in [1.807, 2.05) is 18.2 Å². The van der Waals surface area contributed by atoms with Gasteiger partial charge in [-0.1, -0.05) is 26.0 Å². The van der Waals surface area contributed by atoms with E-state index >= 15 is 0 Å². The molecule has 1 N–H and O–H groups in total. The van der Waals surface area contributed by atoms with E-state index in [1.54, 1.807) is 0 Å². The summed E-state index contributed by atoms with van der Waals surface area (Å²) in [7, 11) is 0. The fraction of sp³-hybridized carbons (Fsp3) is 0.417. The number of nitrogens with one attached hydrogen (secondary N) is 1. The van der Waals surface area contributed by atoms with Gasteiger partial charge in [-0.05, 0) is 30.0 Å². The highest BCUT2D eigenvalue weighted by Crippen LogP contribution is 2.21. The van der Waals surface area contributed by atoms with Crippen LogP contribution in [0.15, 0.2) is 24.3 Å². The van der Waals surface area contributed by atoms with Crippen molar-refractivity contribution in [3.05, 3.63) is 29.8 Å². The van der Waals surface area contributed by atoms with Crippen LogP contribution in [0.25, 0.3) is 0 Å². The molecule has 0 aliphatic carbocycles. The van der Waals surface area contributed by atoms with Crippen molar-refractivity contribution in [2.24, 2.45) is 0 Å². The van der Waals surface area contributed by atoms with E-state index in [1.165, 1.54) is 12.5 Å². The lowest BCUT2D eigenvalue weighted by atomic mass is 9.98. The number of benzene rings is 1. The SMILES string of the molecule is CCC(C)c1cccc(NC(C)=O)c1. The molecule has 1 unspecified atom stereocenters. The van der Waals surface area contributed by atoms with Gasteiger partial charge in [-0.25, -0.2) is 0 Å². The normalized spacial score (nSPS) is 12.2. The first-order valence-corrected chi connectivity index (χ1v) is 5.01. The van der Waals surface area contributed by atoms with E-state index < -0.39 is 0 Å². The molecule has 0 aliphatic rings. The number of amides is 1. The molecule has 0 bridgehead atoms. The molecule has 1 aromatic rings. The molecule has 1 rings (SSSR count). The maximum absolute atomic E-state index is 10.9. The van der Waals surface area contributed by atoms with Gasteiger partial charge in [0.25, 0.3) is 0 Å². The summed E-state index contributed by atoms with van der Waals surface area (Å²) in [5.41, 5.74) is 2.16. The van der Waals surface area contributed by atoms with Crippen LogP contribution in [-0.4, -0.2) is 5.91 Å². The molecule has 2 nitrogen and oxygen atoms in total. The minimum Gasteiger partial charge on any atom is -0.326 e. The van der Waals surface area contributed by atoms with Gasteiger partial charge in [0.1, 0.15) is 0 Å². The number of anilines is 1. The van der Waals surface area contributed by atoms with Crippen LogP contribution in [0, 0.1) is 0 Å². The van der Waals surface area contributed by atoms with Crippen molar-refractivity contribution in [2.75, 3.05) is 5.32 Å². The highest BCUT2D eigenvalue weighted by atomic mass is 16.1. The number of carbonyl (C=O) groups excluding carboxylic acids is 1. The lowest BCUT2D eigenvalue weighted by Crippen LogP contribution is -2.06. The minimum absolute atomic E-state index is 0.0219. The lowest BCUT2D eigenvalue weighted by Gasteiger charge is -2.10. The van der Waals surface area contributed by atoms with Crippen LogP contribution in [0.3, 0.4) is 0 Å². The van der Waals surface area contributed by atoms with Crippen LogP contribution in [0.4, 0.5) is 5.69 Å². The molecular formula is C12H17NO. The highest BCUT2D eigenvalue weighted by molar-refractivity contribution is 5.88. The monoisotopic (exact) mass is 191 g/mol. The van der Waals surface area contributed by atoms with Crippen molar-refractivity contribution in [3.63, 3.8) is 0 Å². The number of rotatable bonds is 3. The van der Waals surface area contributed by atoms with Crippen LogP contribution in [0.1, 0.15) is 38.7 Å². The Morgan fingerprint density at radius 2 is 2.21 bits per heavy atom. The van der Waals surface area contributed by atoms with E-state index in [-0.39, 0.29) is 5.91 Å². The zero-order valence-electron chi connectivity index (χ0n) is 9.00. The summed E-state index contributed by atoms with van der Waals surface area (Å²) in [5.74, 6) is 0.523. The summed E-state index contributed by atoms with van der Waals surface area (Å²) in [6.07, 6.45) is 1.11. The smallest absolute Gasteiger partial charge is 0.221 e. The highest BCUT2D eigenvalue weighted by Gasteiger charge is 2.03. The maximum Gasteiger partial charge on any atom is 0.221 e. The van der Waals surface area contributed by atoms with Crippen LogP contribution >= 0.6 is 0 Å². The Labute approximate surface area is 85.3 Å². The zero-order chi connectivity index (χ0) is 10.6. The third-order valence-corrected chi connectivity index (χ3v) is 2.39. The summed E-state index contributed by atoms with van der Waals surface area (Å²) in [5, 5.41) is 2.79. The Hall–Kier alpha value is -1.31. The molecule has 1 aromatic carbocycles. The third kappa shape index (κ3) is 2.87. The third-order valence-electron chi connectivity index (χ3n) is 2.39. The van der Waals surface area contributed by atoms with Crippen molar-refractivity contribution >= 4 is 11.6 Å². The minimum atomic E-state index is -0.0219. The molecule has 0 saturated carbocycles. The first-order chi connectivity index (χ1) is 6.63.